The second-order valence-electron chi connectivity index (χ2n) is 8.62. The second kappa shape index (κ2) is 10.6. The van der Waals surface area contributed by atoms with Crippen molar-refractivity contribution in [1.29, 1.82) is 0 Å². The number of ether oxygens (including phenoxy) is 1. The van der Waals surface area contributed by atoms with Crippen LogP contribution in [0.5, 0.6) is 11.5 Å². The third-order valence-electron chi connectivity index (χ3n) is 5.50. The summed E-state index contributed by atoms with van der Waals surface area (Å²) in [7, 11) is 0. The molecule has 11 heteroatoms. The Bertz CT molecular complexity index is 1210. The topological polar surface area (TPSA) is 32.7 Å². The van der Waals surface area contributed by atoms with Crippen LogP contribution < -0.4 is 9.64 Å². The highest BCUT2D eigenvalue weighted by molar-refractivity contribution is 5.66. The standard InChI is InChI=1S/C26H23F8NO2/c1-16(2)17-6-3-10-21(12-17)37-22-11-5-9-20(14-22)35(15-23(36)25(29,30)31)19-8-4-7-18(13-19)24(27,28)26(32,33)34/h3-14,16,23,36H,15H2,1-2H3. The minimum absolute atomic E-state index is 0.0340. The fourth-order valence-corrected chi connectivity index (χ4v) is 3.46. The Morgan fingerprint density at radius 2 is 1.30 bits per heavy atom. The number of nitrogens with zero attached hydrogens (tertiary/aromatic N) is 1. The van der Waals surface area contributed by atoms with E-state index in [1.165, 1.54) is 24.3 Å². The normalized spacial score (nSPS) is 13.5. The zero-order chi connectivity index (χ0) is 27.6. The molecular formula is C26H23F8NO2. The molecule has 0 aliphatic heterocycles. The molecule has 0 saturated heterocycles. The van der Waals surface area contributed by atoms with Crippen molar-refractivity contribution < 1.29 is 45.0 Å². The molecule has 1 N–H and O–H groups in total. The average Bonchev–Trinajstić information content (AvgIpc) is 2.81. The van der Waals surface area contributed by atoms with Gasteiger partial charge in [0.25, 0.3) is 0 Å². The van der Waals surface area contributed by atoms with Crippen LogP contribution >= 0.6 is 0 Å². The van der Waals surface area contributed by atoms with E-state index in [4.69, 9.17) is 4.74 Å². The Kier molecular flexibility index (Phi) is 8.06. The molecule has 0 fully saturated rings. The molecule has 3 aromatic carbocycles. The molecule has 0 amide bonds. The number of alkyl halides is 8. The summed E-state index contributed by atoms with van der Waals surface area (Å²) in [6.45, 7) is 2.77. The Morgan fingerprint density at radius 1 is 0.757 bits per heavy atom. The molecule has 0 radical (unpaired) electrons. The quantitative estimate of drug-likeness (QED) is 0.296. The Balaban J connectivity index is 2.03. The first-order valence-electron chi connectivity index (χ1n) is 11.0. The van der Waals surface area contributed by atoms with Crippen LogP contribution in [-0.4, -0.2) is 30.1 Å². The van der Waals surface area contributed by atoms with Crippen molar-refractivity contribution in [3.8, 4) is 11.5 Å². The lowest BCUT2D eigenvalue weighted by molar-refractivity contribution is -0.289. The van der Waals surface area contributed by atoms with Crippen LogP contribution in [0.4, 0.5) is 46.5 Å². The third kappa shape index (κ3) is 6.71. The van der Waals surface area contributed by atoms with Gasteiger partial charge in [0.05, 0.1) is 6.54 Å². The molecule has 3 aromatic rings. The predicted molar refractivity (Wildman–Crippen MR) is 123 cm³/mol. The molecule has 37 heavy (non-hydrogen) atoms. The smallest absolute Gasteiger partial charge is 0.457 e. The van der Waals surface area contributed by atoms with E-state index in [1.807, 2.05) is 19.9 Å². The van der Waals surface area contributed by atoms with Gasteiger partial charge in [0.1, 0.15) is 11.5 Å². The molecule has 200 valence electrons. The van der Waals surface area contributed by atoms with E-state index in [0.29, 0.717) is 17.9 Å². The summed E-state index contributed by atoms with van der Waals surface area (Å²) in [6, 6.07) is 15.5. The van der Waals surface area contributed by atoms with Gasteiger partial charge in [-0.3, -0.25) is 0 Å². The van der Waals surface area contributed by atoms with Crippen LogP contribution in [0.3, 0.4) is 0 Å². The fourth-order valence-electron chi connectivity index (χ4n) is 3.46. The highest BCUT2D eigenvalue weighted by Crippen LogP contribution is 2.45. The monoisotopic (exact) mass is 533 g/mol. The molecule has 3 rings (SSSR count). The molecule has 0 aromatic heterocycles. The molecule has 0 heterocycles. The van der Waals surface area contributed by atoms with Crippen molar-refractivity contribution >= 4 is 11.4 Å². The first-order valence-corrected chi connectivity index (χ1v) is 11.0. The van der Waals surface area contributed by atoms with Crippen LogP contribution in [0.1, 0.15) is 30.9 Å². The van der Waals surface area contributed by atoms with Gasteiger partial charge in [0.2, 0.25) is 0 Å². The minimum atomic E-state index is -5.92. The van der Waals surface area contributed by atoms with Crippen LogP contribution in [0.25, 0.3) is 0 Å². The van der Waals surface area contributed by atoms with Crippen LogP contribution in [0.15, 0.2) is 72.8 Å². The van der Waals surface area contributed by atoms with Crippen LogP contribution in [-0.2, 0) is 5.92 Å². The largest absolute Gasteiger partial charge is 0.458 e. The zero-order valence-corrected chi connectivity index (χ0v) is 19.6. The summed E-state index contributed by atoms with van der Waals surface area (Å²) in [5.74, 6) is -4.46. The molecule has 0 spiro atoms. The first-order chi connectivity index (χ1) is 17.1. The Hall–Kier alpha value is -3.34. The van der Waals surface area contributed by atoms with Gasteiger partial charge in [-0.05, 0) is 47.9 Å². The predicted octanol–water partition coefficient (Wildman–Crippen LogP) is 8.32. The lowest BCUT2D eigenvalue weighted by Gasteiger charge is -2.30. The first kappa shape index (κ1) is 28.2. The van der Waals surface area contributed by atoms with Crippen molar-refractivity contribution in [2.45, 2.75) is 44.1 Å². The summed E-state index contributed by atoms with van der Waals surface area (Å²) in [5.41, 5.74) is -0.940. The number of halogens is 8. The molecular weight excluding hydrogens is 510 g/mol. The molecule has 1 unspecified atom stereocenters. The lowest BCUT2D eigenvalue weighted by Crippen LogP contribution is -2.39. The number of benzene rings is 3. The maximum Gasteiger partial charge on any atom is 0.458 e. The fraction of sp³-hybridized carbons (Fsp3) is 0.308. The van der Waals surface area contributed by atoms with Crippen molar-refractivity contribution in [2.75, 3.05) is 11.4 Å². The van der Waals surface area contributed by atoms with Gasteiger partial charge in [0, 0.05) is 23.0 Å². The van der Waals surface area contributed by atoms with Gasteiger partial charge in [0.15, 0.2) is 6.10 Å². The average molecular weight is 533 g/mol. The van der Waals surface area contributed by atoms with E-state index in [-0.39, 0.29) is 17.4 Å². The van der Waals surface area contributed by atoms with E-state index >= 15 is 0 Å². The summed E-state index contributed by atoms with van der Waals surface area (Å²) in [6.07, 6.45) is -13.9. The van der Waals surface area contributed by atoms with Crippen molar-refractivity contribution in [1.82, 2.24) is 0 Å². The van der Waals surface area contributed by atoms with Crippen molar-refractivity contribution in [3.63, 3.8) is 0 Å². The van der Waals surface area contributed by atoms with E-state index in [2.05, 4.69) is 0 Å². The molecule has 0 aliphatic rings. The molecule has 3 nitrogen and oxygen atoms in total. The lowest BCUT2D eigenvalue weighted by atomic mass is 10.0. The van der Waals surface area contributed by atoms with Gasteiger partial charge < -0.3 is 14.7 Å². The number of aliphatic hydroxyl groups excluding tert-OH is 1. The second-order valence-corrected chi connectivity index (χ2v) is 8.62. The van der Waals surface area contributed by atoms with Gasteiger partial charge in [-0.2, -0.15) is 35.1 Å². The van der Waals surface area contributed by atoms with E-state index in [0.717, 1.165) is 22.6 Å². The van der Waals surface area contributed by atoms with Crippen molar-refractivity contribution in [3.05, 3.63) is 83.9 Å². The zero-order valence-electron chi connectivity index (χ0n) is 19.6. The van der Waals surface area contributed by atoms with E-state index < -0.39 is 42.2 Å². The highest BCUT2D eigenvalue weighted by Gasteiger charge is 2.58. The summed E-state index contributed by atoms with van der Waals surface area (Å²) < 4.78 is 112. The highest BCUT2D eigenvalue weighted by atomic mass is 19.4. The van der Waals surface area contributed by atoms with Gasteiger partial charge in [-0.15, -0.1) is 0 Å². The SMILES string of the molecule is CC(C)c1cccc(Oc2cccc(N(CC(O)C(F)(F)F)c3cccc(C(F)(F)C(F)(F)F)c3)c2)c1. The molecule has 0 aliphatic carbocycles. The van der Waals surface area contributed by atoms with E-state index in [1.54, 1.807) is 18.2 Å². The molecule has 1 atom stereocenters. The Labute approximate surface area is 207 Å². The van der Waals surface area contributed by atoms with Gasteiger partial charge >= 0.3 is 18.3 Å². The maximum atomic E-state index is 14.0. The van der Waals surface area contributed by atoms with Gasteiger partial charge in [-0.1, -0.05) is 44.2 Å². The molecule has 0 saturated carbocycles. The summed E-state index contributed by atoms with van der Waals surface area (Å²) >= 11 is 0. The Morgan fingerprint density at radius 3 is 1.86 bits per heavy atom. The summed E-state index contributed by atoms with van der Waals surface area (Å²) in [5, 5.41) is 9.70. The molecule has 0 bridgehead atoms. The van der Waals surface area contributed by atoms with Crippen molar-refractivity contribution in [2.24, 2.45) is 0 Å². The third-order valence-corrected chi connectivity index (χ3v) is 5.50. The van der Waals surface area contributed by atoms with Gasteiger partial charge in [-0.25, -0.2) is 0 Å². The number of aliphatic hydroxyl groups is 1. The number of hydrogen-bond acceptors (Lipinski definition) is 3. The number of hydrogen-bond donors (Lipinski definition) is 1. The number of rotatable bonds is 8. The summed E-state index contributed by atoms with van der Waals surface area (Å²) in [4.78, 5) is 0.797. The number of anilines is 2. The van der Waals surface area contributed by atoms with Crippen LogP contribution in [0, 0.1) is 0 Å². The minimum Gasteiger partial charge on any atom is -0.457 e. The van der Waals surface area contributed by atoms with Crippen LogP contribution in [0.2, 0.25) is 0 Å². The van der Waals surface area contributed by atoms with E-state index in [9.17, 15) is 40.2 Å². The maximum absolute atomic E-state index is 14.0.